The van der Waals surface area contributed by atoms with Gasteiger partial charge in [-0.2, -0.15) is 0 Å². The van der Waals surface area contributed by atoms with Crippen molar-refractivity contribution in [3.8, 4) is 0 Å². The average molecular weight is 390 g/mol. The maximum atomic E-state index is 12.9. The van der Waals surface area contributed by atoms with E-state index in [1.807, 2.05) is 18.2 Å². The van der Waals surface area contributed by atoms with E-state index in [9.17, 15) is 9.59 Å². The topological polar surface area (TPSA) is 106 Å². The molecule has 0 spiro atoms. The Morgan fingerprint density at radius 1 is 1.07 bits per heavy atom. The Hall–Kier alpha value is -3.75. The summed E-state index contributed by atoms with van der Waals surface area (Å²) in [5.74, 6) is -0.602. The molecule has 146 valence electrons. The number of fused-ring (bicyclic) bond motifs is 2. The van der Waals surface area contributed by atoms with E-state index in [1.54, 1.807) is 25.2 Å². The summed E-state index contributed by atoms with van der Waals surface area (Å²) in [7, 11) is 1.62. The fourth-order valence-electron chi connectivity index (χ4n) is 3.78. The van der Waals surface area contributed by atoms with Crippen LogP contribution in [0.1, 0.15) is 23.3 Å². The molecule has 1 aliphatic heterocycles. The molecule has 0 aliphatic carbocycles. The van der Waals surface area contributed by atoms with Gasteiger partial charge in [0.2, 0.25) is 0 Å². The smallest absolute Gasteiger partial charge is 0.282 e. The Bertz CT molecular complexity index is 1300. The van der Waals surface area contributed by atoms with Crippen LogP contribution in [-0.4, -0.2) is 38.9 Å². The van der Waals surface area contributed by atoms with Crippen molar-refractivity contribution in [3.05, 3.63) is 52.4 Å². The molecule has 1 N–H and O–H groups in total. The number of anilines is 2. The largest absolute Gasteiger partial charge is 0.370 e. The molecule has 0 atom stereocenters. The van der Waals surface area contributed by atoms with E-state index in [4.69, 9.17) is 4.63 Å². The Kier molecular flexibility index (Phi) is 4.01. The van der Waals surface area contributed by atoms with Crippen molar-refractivity contribution in [1.82, 2.24) is 19.9 Å². The quantitative estimate of drug-likeness (QED) is 0.572. The summed E-state index contributed by atoms with van der Waals surface area (Å²) in [5.41, 5.74) is 2.96. The third-order valence-corrected chi connectivity index (χ3v) is 5.29. The van der Waals surface area contributed by atoms with E-state index >= 15 is 0 Å². The molecule has 0 radical (unpaired) electrons. The summed E-state index contributed by atoms with van der Waals surface area (Å²) in [6.07, 6.45) is 2.25. The maximum absolute atomic E-state index is 12.9. The first kappa shape index (κ1) is 17.4. The molecule has 9 nitrogen and oxygen atoms in total. The number of carbonyl (C=O) groups is 1. The number of aryl methyl sites for hydroxylation is 1. The predicted molar refractivity (Wildman–Crippen MR) is 108 cm³/mol. The molecule has 5 rings (SSSR count). The normalized spacial score (nSPS) is 14.0. The molecule has 29 heavy (non-hydrogen) atoms. The summed E-state index contributed by atoms with van der Waals surface area (Å²) in [4.78, 5) is 32.0. The lowest BCUT2D eigenvalue weighted by Gasteiger charge is -2.18. The second-order valence-electron chi connectivity index (χ2n) is 7.06. The molecule has 1 aliphatic rings. The fraction of sp³-hybridized carbons (Fsp3) is 0.250. The second-order valence-corrected chi connectivity index (χ2v) is 7.06. The maximum Gasteiger partial charge on any atom is 0.282 e. The van der Waals surface area contributed by atoms with Gasteiger partial charge in [-0.05, 0) is 47.4 Å². The van der Waals surface area contributed by atoms with E-state index in [-0.39, 0.29) is 5.69 Å². The highest BCUT2D eigenvalue weighted by Gasteiger charge is 2.22. The van der Waals surface area contributed by atoms with Crippen LogP contribution < -0.4 is 15.8 Å². The van der Waals surface area contributed by atoms with Crippen molar-refractivity contribution in [2.24, 2.45) is 7.05 Å². The number of hydrogen-bond acceptors (Lipinski definition) is 7. The van der Waals surface area contributed by atoms with Gasteiger partial charge in [0.25, 0.3) is 11.5 Å². The first-order valence-electron chi connectivity index (χ1n) is 9.41. The number of aromatic nitrogens is 4. The van der Waals surface area contributed by atoms with Crippen LogP contribution in [0.3, 0.4) is 0 Å². The Morgan fingerprint density at radius 2 is 1.83 bits per heavy atom. The Balaban J connectivity index is 1.53. The molecule has 0 bridgehead atoms. The minimum atomic E-state index is -0.602. The summed E-state index contributed by atoms with van der Waals surface area (Å²) < 4.78 is 6.35. The lowest BCUT2D eigenvalue weighted by Crippen LogP contribution is -2.29. The SMILES string of the molecule is Cn1c(=O)c(C(=O)Nc2ccc(N3CCCC3)c3nonc23)nc2ccccc21. The van der Waals surface area contributed by atoms with Gasteiger partial charge in [0.15, 0.2) is 16.7 Å². The van der Waals surface area contributed by atoms with Crippen LogP contribution in [-0.2, 0) is 7.05 Å². The van der Waals surface area contributed by atoms with Gasteiger partial charge < -0.3 is 14.8 Å². The van der Waals surface area contributed by atoms with Crippen LogP contribution in [0.5, 0.6) is 0 Å². The number of nitrogens with zero attached hydrogens (tertiary/aromatic N) is 5. The summed E-state index contributed by atoms with van der Waals surface area (Å²) in [6, 6.07) is 10.8. The third-order valence-electron chi connectivity index (χ3n) is 5.29. The van der Waals surface area contributed by atoms with Crippen LogP contribution in [0.2, 0.25) is 0 Å². The first-order valence-corrected chi connectivity index (χ1v) is 9.41. The highest BCUT2D eigenvalue weighted by Crippen LogP contribution is 2.32. The van der Waals surface area contributed by atoms with Crippen LogP contribution in [0, 0.1) is 0 Å². The van der Waals surface area contributed by atoms with Crippen molar-refractivity contribution >= 4 is 39.3 Å². The van der Waals surface area contributed by atoms with Gasteiger partial charge >= 0.3 is 0 Å². The average Bonchev–Trinajstić information content (AvgIpc) is 3.43. The highest BCUT2D eigenvalue weighted by molar-refractivity contribution is 6.08. The van der Waals surface area contributed by atoms with Crippen LogP contribution >= 0.6 is 0 Å². The van der Waals surface area contributed by atoms with Gasteiger partial charge in [-0.1, -0.05) is 12.1 Å². The van der Waals surface area contributed by atoms with Gasteiger partial charge in [0.05, 0.1) is 22.4 Å². The number of carbonyl (C=O) groups excluding carboxylic acids is 1. The number of hydrogen-bond donors (Lipinski definition) is 1. The van der Waals surface area contributed by atoms with E-state index in [1.165, 1.54) is 4.57 Å². The molecule has 1 fully saturated rings. The van der Waals surface area contributed by atoms with Crippen molar-refractivity contribution < 1.29 is 9.42 Å². The minimum Gasteiger partial charge on any atom is -0.370 e. The van der Waals surface area contributed by atoms with Crippen molar-refractivity contribution in [1.29, 1.82) is 0 Å². The molecule has 2 aromatic heterocycles. The number of nitrogens with one attached hydrogen (secondary N) is 1. The lowest BCUT2D eigenvalue weighted by atomic mass is 10.2. The first-order chi connectivity index (χ1) is 14.1. The van der Waals surface area contributed by atoms with Crippen molar-refractivity contribution in [2.45, 2.75) is 12.8 Å². The zero-order valence-corrected chi connectivity index (χ0v) is 15.8. The van der Waals surface area contributed by atoms with Gasteiger partial charge in [0.1, 0.15) is 0 Å². The second kappa shape index (κ2) is 6.69. The molecule has 0 saturated carbocycles. The zero-order chi connectivity index (χ0) is 20.0. The Morgan fingerprint density at radius 3 is 2.66 bits per heavy atom. The molecular weight excluding hydrogens is 372 g/mol. The number of benzene rings is 2. The third kappa shape index (κ3) is 2.82. The van der Waals surface area contributed by atoms with Crippen LogP contribution in [0.15, 0.2) is 45.8 Å². The molecule has 1 saturated heterocycles. The molecular formula is C20H18N6O3. The molecule has 4 aromatic rings. The Labute approximate surface area is 164 Å². The minimum absolute atomic E-state index is 0.181. The van der Waals surface area contributed by atoms with E-state index in [0.717, 1.165) is 31.6 Å². The highest BCUT2D eigenvalue weighted by atomic mass is 16.6. The summed E-state index contributed by atoms with van der Waals surface area (Å²) >= 11 is 0. The van der Waals surface area contributed by atoms with Crippen molar-refractivity contribution in [2.75, 3.05) is 23.3 Å². The predicted octanol–water partition coefficient (Wildman–Crippen LogP) is 2.32. The molecule has 0 unspecified atom stereocenters. The molecule has 1 amide bonds. The standard InChI is InChI=1S/C20H18N6O3/c1-25-14-7-3-2-6-12(14)21-18(20(25)28)19(27)22-13-8-9-15(26-10-4-5-11-26)17-16(13)23-29-24-17/h2-3,6-9H,4-5,10-11H2,1H3,(H,22,27). The van der Waals surface area contributed by atoms with Crippen LogP contribution in [0.25, 0.3) is 22.1 Å². The number of para-hydroxylation sites is 2. The zero-order valence-electron chi connectivity index (χ0n) is 15.8. The van der Waals surface area contributed by atoms with Crippen molar-refractivity contribution in [3.63, 3.8) is 0 Å². The molecule has 9 heteroatoms. The molecule has 2 aromatic carbocycles. The van der Waals surface area contributed by atoms with E-state index < -0.39 is 11.5 Å². The monoisotopic (exact) mass is 390 g/mol. The fourth-order valence-corrected chi connectivity index (χ4v) is 3.78. The van der Waals surface area contributed by atoms with Gasteiger partial charge in [-0.15, -0.1) is 0 Å². The number of amides is 1. The number of rotatable bonds is 3. The van der Waals surface area contributed by atoms with E-state index in [0.29, 0.717) is 27.8 Å². The molecule has 3 heterocycles. The van der Waals surface area contributed by atoms with Crippen LogP contribution in [0.4, 0.5) is 11.4 Å². The summed E-state index contributed by atoms with van der Waals surface area (Å²) in [5, 5.41) is 10.7. The van der Waals surface area contributed by atoms with Gasteiger partial charge in [-0.3, -0.25) is 9.59 Å². The lowest BCUT2D eigenvalue weighted by molar-refractivity contribution is 0.102. The van der Waals surface area contributed by atoms with E-state index in [2.05, 4.69) is 25.5 Å². The summed E-state index contributed by atoms with van der Waals surface area (Å²) in [6.45, 7) is 1.90. The van der Waals surface area contributed by atoms with Gasteiger partial charge in [0, 0.05) is 20.1 Å². The van der Waals surface area contributed by atoms with Gasteiger partial charge in [-0.25, -0.2) is 9.61 Å².